The molecule has 0 aliphatic carbocycles. The first-order valence-electron chi connectivity index (χ1n) is 7.34. The lowest BCUT2D eigenvalue weighted by atomic mass is 10.1. The van der Waals surface area contributed by atoms with Crippen molar-refractivity contribution in [1.82, 2.24) is 14.3 Å². The highest BCUT2D eigenvalue weighted by molar-refractivity contribution is 7.88. The molecule has 9 heteroatoms. The first kappa shape index (κ1) is 15.8. The minimum absolute atomic E-state index is 0.0860. The number of fused-ring (bicyclic) bond motifs is 1. The van der Waals surface area contributed by atoms with Gasteiger partial charge in [0.2, 0.25) is 10.0 Å². The summed E-state index contributed by atoms with van der Waals surface area (Å²) in [7, 11) is -3.23. The number of hydrogen-bond acceptors (Lipinski definition) is 5. The highest BCUT2D eigenvalue weighted by atomic mass is 32.2. The fraction of sp³-hybridized carbons (Fsp3) is 0.429. The van der Waals surface area contributed by atoms with Crippen LogP contribution < -0.4 is 11.1 Å². The van der Waals surface area contributed by atoms with Crippen LogP contribution in [0.2, 0.25) is 0 Å². The number of aromatic nitrogens is 2. The van der Waals surface area contributed by atoms with Crippen LogP contribution in [-0.4, -0.2) is 54.0 Å². The maximum atomic E-state index is 11.7. The van der Waals surface area contributed by atoms with Crippen molar-refractivity contribution in [2.45, 2.75) is 18.9 Å². The summed E-state index contributed by atoms with van der Waals surface area (Å²) in [6.07, 6.45) is 5.95. The summed E-state index contributed by atoms with van der Waals surface area (Å²) in [5.41, 5.74) is 6.99. The second-order valence-corrected chi connectivity index (χ2v) is 7.74. The molecule has 23 heavy (non-hydrogen) atoms. The van der Waals surface area contributed by atoms with E-state index in [2.05, 4.69) is 15.3 Å². The van der Waals surface area contributed by atoms with E-state index in [0.29, 0.717) is 30.0 Å². The number of H-pyrrole nitrogens is 1. The van der Waals surface area contributed by atoms with E-state index in [9.17, 15) is 13.2 Å². The van der Waals surface area contributed by atoms with Crippen molar-refractivity contribution >= 4 is 32.7 Å². The second-order valence-electron chi connectivity index (χ2n) is 5.76. The number of aromatic amines is 1. The summed E-state index contributed by atoms with van der Waals surface area (Å²) in [6, 6.07) is 1.73. The Hall–Kier alpha value is -2.13. The molecule has 1 aliphatic rings. The zero-order chi connectivity index (χ0) is 16.6. The third-order valence-corrected chi connectivity index (χ3v) is 5.32. The molecule has 3 heterocycles. The maximum Gasteiger partial charge on any atom is 0.252 e. The van der Waals surface area contributed by atoms with Gasteiger partial charge in [0.05, 0.1) is 17.5 Å². The van der Waals surface area contributed by atoms with E-state index in [1.165, 1.54) is 16.8 Å². The fourth-order valence-corrected chi connectivity index (χ4v) is 3.83. The average Bonchev–Trinajstić information content (AvgIpc) is 2.95. The first-order chi connectivity index (χ1) is 10.9. The number of anilines is 1. The Kier molecular flexibility index (Phi) is 3.99. The lowest BCUT2D eigenvalue weighted by Gasteiger charge is -2.32. The molecule has 4 N–H and O–H groups in total. The van der Waals surface area contributed by atoms with Crippen LogP contribution in [0, 0.1) is 0 Å². The van der Waals surface area contributed by atoms with E-state index >= 15 is 0 Å². The summed E-state index contributed by atoms with van der Waals surface area (Å²) in [4.78, 5) is 18.8. The van der Waals surface area contributed by atoms with Gasteiger partial charge in [-0.3, -0.25) is 4.79 Å². The normalized spacial score (nSPS) is 19.8. The summed E-state index contributed by atoms with van der Waals surface area (Å²) in [5.74, 6) is -0.570. The molecule has 3 rings (SSSR count). The van der Waals surface area contributed by atoms with Crippen molar-refractivity contribution in [3.63, 3.8) is 0 Å². The van der Waals surface area contributed by atoms with Crippen molar-refractivity contribution in [2.24, 2.45) is 5.73 Å². The molecule has 1 fully saturated rings. The standard InChI is InChI=1S/C14H19N5O3S/c1-23(21,22)19-6-2-3-9(8-19)18-12-10-4-5-16-14(10)17-7-11(12)13(15)20/h4-5,7,9H,2-3,6,8H2,1H3,(H2,15,20)(H2,16,17,18)/t9-/m0/s1. The lowest BCUT2D eigenvalue weighted by molar-refractivity contribution is 0.100. The Morgan fingerprint density at radius 3 is 3.00 bits per heavy atom. The van der Waals surface area contributed by atoms with Crippen LogP contribution in [0.4, 0.5) is 5.69 Å². The largest absolute Gasteiger partial charge is 0.380 e. The number of nitrogens with zero attached hydrogens (tertiary/aromatic N) is 2. The molecule has 0 aromatic carbocycles. The van der Waals surface area contributed by atoms with Crippen LogP contribution in [0.5, 0.6) is 0 Å². The van der Waals surface area contributed by atoms with Crippen molar-refractivity contribution in [3.05, 3.63) is 24.0 Å². The molecule has 1 amide bonds. The van der Waals surface area contributed by atoms with Gasteiger partial charge < -0.3 is 16.0 Å². The lowest BCUT2D eigenvalue weighted by Crippen LogP contribution is -2.44. The van der Waals surface area contributed by atoms with E-state index < -0.39 is 15.9 Å². The second kappa shape index (κ2) is 5.82. The van der Waals surface area contributed by atoms with Gasteiger partial charge >= 0.3 is 0 Å². The molecule has 1 aliphatic heterocycles. The van der Waals surface area contributed by atoms with E-state index in [0.717, 1.165) is 18.2 Å². The quantitative estimate of drug-likeness (QED) is 0.750. The van der Waals surface area contributed by atoms with Crippen LogP contribution in [0.3, 0.4) is 0 Å². The minimum atomic E-state index is -3.23. The average molecular weight is 337 g/mol. The number of rotatable bonds is 4. The smallest absolute Gasteiger partial charge is 0.252 e. The Morgan fingerprint density at radius 2 is 2.30 bits per heavy atom. The predicted molar refractivity (Wildman–Crippen MR) is 87.7 cm³/mol. The number of primary amides is 1. The molecule has 2 aromatic heterocycles. The van der Waals surface area contributed by atoms with Crippen LogP contribution in [0.25, 0.3) is 11.0 Å². The molecule has 0 spiro atoms. The number of carbonyl (C=O) groups is 1. The Bertz CT molecular complexity index is 845. The van der Waals surface area contributed by atoms with Crippen molar-refractivity contribution in [1.29, 1.82) is 0 Å². The van der Waals surface area contributed by atoms with Crippen molar-refractivity contribution < 1.29 is 13.2 Å². The molecule has 1 saturated heterocycles. The molecule has 0 bridgehead atoms. The van der Waals surface area contributed by atoms with Gasteiger partial charge in [-0.1, -0.05) is 0 Å². The Balaban J connectivity index is 1.93. The molecule has 124 valence electrons. The van der Waals surface area contributed by atoms with Crippen LogP contribution >= 0.6 is 0 Å². The number of nitrogens with one attached hydrogen (secondary N) is 2. The number of pyridine rings is 1. The summed E-state index contributed by atoms with van der Waals surface area (Å²) < 4.78 is 24.9. The maximum absolute atomic E-state index is 11.7. The number of amides is 1. The number of piperidine rings is 1. The van der Waals surface area contributed by atoms with Crippen LogP contribution in [0.1, 0.15) is 23.2 Å². The third-order valence-electron chi connectivity index (χ3n) is 4.05. The summed E-state index contributed by atoms with van der Waals surface area (Å²) in [5, 5.41) is 4.06. The van der Waals surface area contributed by atoms with E-state index in [4.69, 9.17) is 5.73 Å². The molecule has 1 atom stereocenters. The monoisotopic (exact) mass is 337 g/mol. The minimum Gasteiger partial charge on any atom is -0.380 e. The number of carbonyl (C=O) groups excluding carboxylic acids is 1. The van der Waals surface area contributed by atoms with Gasteiger partial charge in [-0.25, -0.2) is 17.7 Å². The van der Waals surface area contributed by atoms with Gasteiger partial charge in [0.15, 0.2) is 0 Å². The van der Waals surface area contributed by atoms with Crippen LogP contribution in [-0.2, 0) is 10.0 Å². The van der Waals surface area contributed by atoms with Crippen molar-refractivity contribution in [3.8, 4) is 0 Å². The molecular weight excluding hydrogens is 318 g/mol. The molecular formula is C14H19N5O3S. The van der Waals surface area contributed by atoms with Gasteiger partial charge in [-0.05, 0) is 18.9 Å². The van der Waals surface area contributed by atoms with Gasteiger partial charge in [-0.15, -0.1) is 0 Å². The zero-order valence-corrected chi connectivity index (χ0v) is 13.6. The first-order valence-corrected chi connectivity index (χ1v) is 9.18. The summed E-state index contributed by atoms with van der Waals surface area (Å²) in [6.45, 7) is 0.890. The van der Waals surface area contributed by atoms with E-state index in [-0.39, 0.29) is 6.04 Å². The molecule has 0 saturated carbocycles. The topological polar surface area (TPSA) is 121 Å². The van der Waals surface area contributed by atoms with Gasteiger partial charge in [0.1, 0.15) is 5.65 Å². The highest BCUT2D eigenvalue weighted by Gasteiger charge is 2.27. The predicted octanol–water partition coefficient (Wildman–Crippen LogP) is 0.498. The molecule has 2 aromatic rings. The molecule has 0 radical (unpaired) electrons. The van der Waals surface area contributed by atoms with E-state index in [1.807, 2.05) is 6.07 Å². The number of hydrogen-bond donors (Lipinski definition) is 3. The van der Waals surface area contributed by atoms with Crippen LogP contribution in [0.15, 0.2) is 18.5 Å². The van der Waals surface area contributed by atoms with Gasteiger partial charge in [0, 0.05) is 36.9 Å². The summed E-state index contributed by atoms with van der Waals surface area (Å²) >= 11 is 0. The molecule has 8 nitrogen and oxygen atoms in total. The third kappa shape index (κ3) is 3.15. The highest BCUT2D eigenvalue weighted by Crippen LogP contribution is 2.27. The number of nitrogens with two attached hydrogens (primary N) is 1. The van der Waals surface area contributed by atoms with Crippen molar-refractivity contribution in [2.75, 3.05) is 24.7 Å². The Morgan fingerprint density at radius 1 is 1.52 bits per heavy atom. The van der Waals surface area contributed by atoms with Gasteiger partial charge in [-0.2, -0.15) is 0 Å². The zero-order valence-electron chi connectivity index (χ0n) is 12.7. The number of sulfonamides is 1. The van der Waals surface area contributed by atoms with E-state index in [1.54, 1.807) is 6.20 Å². The fourth-order valence-electron chi connectivity index (χ4n) is 2.92. The Labute approximate surface area is 134 Å². The SMILES string of the molecule is CS(=O)(=O)N1CCC[C@H](Nc2c(C(N)=O)cnc3[nH]ccc23)C1. The molecule has 0 unspecified atom stereocenters. The van der Waals surface area contributed by atoms with Gasteiger partial charge in [0.25, 0.3) is 5.91 Å².